The molecule has 0 saturated heterocycles. The molecular weight excluding hydrogens is 274 g/mol. The molecule has 0 spiro atoms. The van der Waals surface area contributed by atoms with Crippen molar-refractivity contribution >= 4 is 0 Å². The molecule has 2 aromatic heterocycles. The van der Waals surface area contributed by atoms with Gasteiger partial charge in [-0.2, -0.15) is 0 Å². The largest absolute Gasteiger partial charge is 0.480 e. The van der Waals surface area contributed by atoms with E-state index in [0.29, 0.717) is 42.8 Å². The van der Waals surface area contributed by atoms with Gasteiger partial charge >= 0.3 is 0 Å². The van der Waals surface area contributed by atoms with E-state index in [1.807, 2.05) is 0 Å². The molecule has 0 aromatic carbocycles. The Kier molecular flexibility index (Phi) is 5.35. The third-order valence-electron chi connectivity index (χ3n) is 2.68. The van der Waals surface area contributed by atoms with Gasteiger partial charge in [0.15, 0.2) is 5.82 Å². The fraction of sp³-hybridized carbons (Fsp3) is 0.385. The molecule has 2 heterocycles. The van der Waals surface area contributed by atoms with Crippen molar-refractivity contribution in [2.75, 3.05) is 27.4 Å². The molecule has 0 amide bonds. The number of methoxy groups -OCH3 is 2. The molecule has 112 valence electrons. The molecule has 21 heavy (non-hydrogen) atoms. The molecule has 0 aliphatic carbocycles. The highest BCUT2D eigenvalue weighted by atomic mass is 16.5. The van der Waals surface area contributed by atoms with Crippen LogP contribution in [0.3, 0.4) is 0 Å². The Morgan fingerprint density at radius 1 is 1.29 bits per heavy atom. The summed E-state index contributed by atoms with van der Waals surface area (Å²) in [5.41, 5.74) is 0.871. The average Bonchev–Trinajstić information content (AvgIpc) is 2.51. The van der Waals surface area contributed by atoms with E-state index in [0.717, 1.165) is 0 Å². The van der Waals surface area contributed by atoms with Crippen molar-refractivity contribution in [2.45, 2.75) is 6.54 Å². The van der Waals surface area contributed by atoms with Gasteiger partial charge in [0.25, 0.3) is 5.56 Å². The zero-order valence-electron chi connectivity index (χ0n) is 11.9. The van der Waals surface area contributed by atoms with Crippen LogP contribution in [0.1, 0.15) is 5.69 Å². The molecule has 0 radical (unpaired) electrons. The van der Waals surface area contributed by atoms with Crippen molar-refractivity contribution in [3.05, 3.63) is 34.2 Å². The van der Waals surface area contributed by atoms with Crippen LogP contribution >= 0.6 is 0 Å². The first-order valence-corrected chi connectivity index (χ1v) is 6.41. The first kappa shape index (κ1) is 15.1. The Morgan fingerprint density at radius 3 is 2.81 bits per heavy atom. The van der Waals surface area contributed by atoms with Gasteiger partial charge in [-0.05, 0) is 6.07 Å². The van der Waals surface area contributed by atoms with Crippen LogP contribution in [0.15, 0.2) is 23.0 Å². The van der Waals surface area contributed by atoms with Gasteiger partial charge in [-0.25, -0.2) is 4.98 Å². The summed E-state index contributed by atoms with van der Waals surface area (Å²) >= 11 is 0. The van der Waals surface area contributed by atoms with Gasteiger partial charge in [-0.1, -0.05) is 0 Å². The highest BCUT2D eigenvalue weighted by molar-refractivity contribution is 5.48. The van der Waals surface area contributed by atoms with Gasteiger partial charge in [0, 0.05) is 32.3 Å². The second-order valence-electron chi connectivity index (χ2n) is 4.22. The van der Waals surface area contributed by atoms with E-state index in [-0.39, 0.29) is 5.56 Å². The number of nitrogens with zero attached hydrogens (tertiary/aromatic N) is 3. The molecule has 8 nitrogen and oxygen atoms in total. The lowest BCUT2D eigenvalue weighted by Gasteiger charge is -2.05. The number of H-pyrrole nitrogens is 1. The van der Waals surface area contributed by atoms with Crippen LogP contribution in [0.4, 0.5) is 0 Å². The highest BCUT2D eigenvalue weighted by Crippen LogP contribution is 2.12. The molecule has 0 bridgehead atoms. The first-order chi connectivity index (χ1) is 10.2. The number of rotatable bonds is 7. The van der Waals surface area contributed by atoms with E-state index in [1.165, 1.54) is 13.2 Å². The first-order valence-electron chi connectivity index (χ1n) is 6.41. The smallest absolute Gasteiger partial charge is 0.251 e. The predicted molar refractivity (Wildman–Crippen MR) is 76.0 cm³/mol. The molecule has 2 rings (SSSR count). The fourth-order valence-electron chi connectivity index (χ4n) is 1.67. The SMILES string of the molecule is COCCNCc1cc(=O)[nH]c(-c2ccc(OC)nn2)n1. The molecule has 0 aliphatic heterocycles. The van der Waals surface area contributed by atoms with Crippen molar-refractivity contribution < 1.29 is 9.47 Å². The third kappa shape index (κ3) is 4.33. The van der Waals surface area contributed by atoms with E-state index in [2.05, 4.69) is 25.5 Å². The Bertz CT molecular complexity index is 626. The molecule has 2 N–H and O–H groups in total. The van der Waals surface area contributed by atoms with E-state index < -0.39 is 0 Å². The van der Waals surface area contributed by atoms with Gasteiger partial charge in [-0.3, -0.25) is 4.79 Å². The van der Waals surface area contributed by atoms with Crippen LogP contribution < -0.4 is 15.6 Å². The Labute approximate surface area is 121 Å². The Morgan fingerprint density at radius 2 is 2.14 bits per heavy atom. The normalized spacial score (nSPS) is 10.6. The topological polar surface area (TPSA) is 102 Å². The van der Waals surface area contributed by atoms with Crippen LogP contribution in [-0.4, -0.2) is 47.5 Å². The summed E-state index contributed by atoms with van der Waals surface area (Å²) in [4.78, 5) is 18.7. The van der Waals surface area contributed by atoms with Crippen molar-refractivity contribution in [3.63, 3.8) is 0 Å². The van der Waals surface area contributed by atoms with Crippen LogP contribution in [0.25, 0.3) is 11.5 Å². The van der Waals surface area contributed by atoms with Crippen LogP contribution in [-0.2, 0) is 11.3 Å². The van der Waals surface area contributed by atoms with Crippen molar-refractivity contribution in [3.8, 4) is 17.4 Å². The number of hydrogen-bond acceptors (Lipinski definition) is 7. The number of ether oxygens (including phenoxy) is 2. The van der Waals surface area contributed by atoms with E-state index >= 15 is 0 Å². The summed E-state index contributed by atoms with van der Waals surface area (Å²) < 4.78 is 9.88. The van der Waals surface area contributed by atoms with Crippen molar-refractivity contribution in [1.29, 1.82) is 0 Å². The summed E-state index contributed by atoms with van der Waals surface area (Å²) in [5, 5.41) is 10.9. The quantitative estimate of drug-likeness (QED) is 0.691. The Hall–Kier alpha value is -2.32. The molecule has 0 saturated carbocycles. The van der Waals surface area contributed by atoms with E-state index in [4.69, 9.17) is 9.47 Å². The van der Waals surface area contributed by atoms with Crippen LogP contribution in [0.2, 0.25) is 0 Å². The summed E-state index contributed by atoms with van der Waals surface area (Å²) in [7, 11) is 3.14. The van der Waals surface area contributed by atoms with E-state index in [1.54, 1.807) is 19.2 Å². The molecule has 0 unspecified atom stereocenters. The summed E-state index contributed by atoms with van der Waals surface area (Å²) in [6.07, 6.45) is 0. The van der Waals surface area contributed by atoms with Gasteiger partial charge in [0.1, 0.15) is 5.69 Å². The summed E-state index contributed by atoms with van der Waals surface area (Å²) in [6, 6.07) is 4.79. The lowest BCUT2D eigenvalue weighted by molar-refractivity contribution is 0.199. The molecular formula is C13H17N5O3. The average molecular weight is 291 g/mol. The zero-order chi connectivity index (χ0) is 15.1. The zero-order valence-corrected chi connectivity index (χ0v) is 11.9. The van der Waals surface area contributed by atoms with E-state index in [9.17, 15) is 4.79 Å². The number of nitrogens with one attached hydrogen (secondary N) is 2. The standard InChI is InChI=1S/C13H17N5O3/c1-20-6-5-14-8-9-7-11(19)16-13(15-9)10-3-4-12(21-2)18-17-10/h3-4,7,14H,5-6,8H2,1-2H3,(H,15,16,19). The number of aromatic amines is 1. The molecule has 0 fully saturated rings. The molecule has 8 heteroatoms. The minimum atomic E-state index is -0.235. The van der Waals surface area contributed by atoms with Crippen LogP contribution in [0.5, 0.6) is 5.88 Å². The van der Waals surface area contributed by atoms with Gasteiger partial charge in [-0.15, -0.1) is 10.2 Å². The van der Waals surface area contributed by atoms with Crippen molar-refractivity contribution in [1.82, 2.24) is 25.5 Å². The number of hydrogen-bond donors (Lipinski definition) is 2. The minimum Gasteiger partial charge on any atom is -0.480 e. The molecule has 0 atom stereocenters. The fourth-order valence-corrected chi connectivity index (χ4v) is 1.67. The molecule has 0 aliphatic rings. The summed E-state index contributed by atoms with van der Waals surface area (Å²) in [6.45, 7) is 1.76. The monoisotopic (exact) mass is 291 g/mol. The maximum Gasteiger partial charge on any atom is 0.251 e. The third-order valence-corrected chi connectivity index (χ3v) is 2.68. The van der Waals surface area contributed by atoms with Crippen molar-refractivity contribution in [2.24, 2.45) is 0 Å². The van der Waals surface area contributed by atoms with Gasteiger partial charge in [0.05, 0.1) is 19.4 Å². The maximum atomic E-state index is 11.7. The highest BCUT2D eigenvalue weighted by Gasteiger charge is 2.06. The van der Waals surface area contributed by atoms with Gasteiger partial charge < -0.3 is 19.8 Å². The second kappa shape index (κ2) is 7.46. The summed E-state index contributed by atoms with van der Waals surface area (Å²) in [5.74, 6) is 0.777. The lowest BCUT2D eigenvalue weighted by Crippen LogP contribution is -2.21. The minimum absolute atomic E-state index is 0.235. The number of aromatic nitrogens is 4. The lowest BCUT2D eigenvalue weighted by atomic mass is 10.3. The predicted octanol–water partition coefficient (Wildman–Crippen LogP) is -0.0285. The Balaban J connectivity index is 2.15. The van der Waals surface area contributed by atoms with Gasteiger partial charge in [0.2, 0.25) is 5.88 Å². The second-order valence-corrected chi connectivity index (χ2v) is 4.22. The maximum absolute atomic E-state index is 11.7. The van der Waals surface area contributed by atoms with Crippen LogP contribution in [0, 0.1) is 0 Å². The molecule has 2 aromatic rings.